The summed E-state index contributed by atoms with van der Waals surface area (Å²) >= 11 is 0. The predicted molar refractivity (Wildman–Crippen MR) is 157 cm³/mol. The average Bonchev–Trinajstić information content (AvgIpc) is 2.95. The summed E-state index contributed by atoms with van der Waals surface area (Å²) in [6, 6.07) is 7.79. The number of hydrogen-bond acceptors (Lipinski definition) is 7. The van der Waals surface area contributed by atoms with Gasteiger partial charge in [0, 0.05) is 32.2 Å². The lowest BCUT2D eigenvalue weighted by molar-refractivity contribution is -0.134. The van der Waals surface area contributed by atoms with Crippen LogP contribution in [0.3, 0.4) is 0 Å². The Labute approximate surface area is 241 Å². The maximum absolute atomic E-state index is 13.6. The van der Waals surface area contributed by atoms with Gasteiger partial charge in [-0.05, 0) is 56.1 Å². The molecule has 1 aromatic heterocycles. The van der Waals surface area contributed by atoms with E-state index in [0.717, 1.165) is 37.5 Å². The lowest BCUT2D eigenvalue weighted by atomic mass is 9.72. The third-order valence-corrected chi connectivity index (χ3v) is 9.24. The normalized spacial score (nSPS) is 27.4. The Morgan fingerprint density at radius 2 is 1.61 bits per heavy atom. The van der Waals surface area contributed by atoms with Crippen molar-refractivity contribution in [3.63, 3.8) is 0 Å². The van der Waals surface area contributed by atoms with Crippen molar-refractivity contribution in [2.45, 2.75) is 95.2 Å². The van der Waals surface area contributed by atoms with Crippen molar-refractivity contribution in [2.75, 3.05) is 20.7 Å². The number of likely N-dealkylation sites (N-methyl/N-ethyl adjacent to an activating group) is 1. The van der Waals surface area contributed by atoms with Crippen molar-refractivity contribution in [3.05, 3.63) is 40.3 Å². The van der Waals surface area contributed by atoms with Crippen molar-refractivity contribution in [1.82, 2.24) is 19.8 Å². The molecule has 2 aliphatic carbocycles. The molecule has 6 rings (SSSR count). The van der Waals surface area contributed by atoms with Crippen LogP contribution in [0.1, 0.15) is 88.8 Å². The number of aliphatic carboxylic acids is 1. The monoisotopic (exact) mass is 565 g/mol. The van der Waals surface area contributed by atoms with Crippen molar-refractivity contribution >= 4 is 28.6 Å². The number of carboxylic acid groups (broad SMARTS) is 1. The van der Waals surface area contributed by atoms with Gasteiger partial charge in [0.2, 0.25) is 5.71 Å². The molecule has 2 saturated heterocycles. The van der Waals surface area contributed by atoms with E-state index in [4.69, 9.17) is 4.84 Å². The number of benzene rings is 1. The Balaban J connectivity index is 0.000000315. The van der Waals surface area contributed by atoms with E-state index >= 15 is 0 Å². The van der Waals surface area contributed by atoms with Crippen LogP contribution >= 0.6 is 0 Å². The molecule has 1 aromatic carbocycles. The second-order valence-corrected chi connectivity index (χ2v) is 12.4. The SMILES string of the molecule is C1CC2CCCC(C1)C2.CN(C)C(=O)CO/N=C(\C(=O)O)c1nc2ccccc2n(C2CC3CCCC(C2)N3)c1=O. The van der Waals surface area contributed by atoms with Gasteiger partial charge in [0.1, 0.15) is 0 Å². The van der Waals surface area contributed by atoms with Crippen LogP contribution in [0.4, 0.5) is 0 Å². The van der Waals surface area contributed by atoms with Crippen LogP contribution in [-0.4, -0.2) is 69.9 Å². The summed E-state index contributed by atoms with van der Waals surface area (Å²) in [5.41, 5.74) is -0.256. The van der Waals surface area contributed by atoms with Gasteiger partial charge in [-0.15, -0.1) is 0 Å². The Bertz CT molecular complexity index is 1310. The van der Waals surface area contributed by atoms with E-state index in [1.807, 2.05) is 12.1 Å². The van der Waals surface area contributed by atoms with Crippen molar-refractivity contribution in [2.24, 2.45) is 17.0 Å². The Hall–Kier alpha value is -3.27. The van der Waals surface area contributed by atoms with E-state index in [1.165, 1.54) is 24.2 Å². The van der Waals surface area contributed by atoms with Crippen LogP contribution in [0.2, 0.25) is 0 Å². The maximum atomic E-state index is 13.6. The molecule has 2 atom stereocenters. The Kier molecular flexibility index (Phi) is 9.37. The molecule has 10 heteroatoms. The highest BCUT2D eigenvalue weighted by Gasteiger charge is 2.34. The third kappa shape index (κ3) is 6.97. The first kappa shape index (κ1) is 29.2. The minimum atomic E-state index is -1.45. The van der Waals surface area contributed by atoms with Gasteiger partial charge < -0.3 is 24.7 Å². The van der Waals surface area contributed by atoms with Gasteiger partial charge in [-0.2, -0.15) is 0 Å². The van der Waals surface area contributed by atoms with Crippen molar-refractivity contribution < 1.29 is 19.5 Å². The quantitative estimate of drug-likeness (QED) is 0.399. The molecule has 0 radical (unpaired) electrons. The number of carbonyl (C=O) groups excluding carboxylic acids is 1. The molecule has 2 unspecified atom stereocenters. The van der Waals surface area contributed by atoms with Gasteiger partial charge in [-0.25, -0.2) is 9.78 Å². The third-order valence-electron chi connectivity index (χ3n) is 9.24. The molecule has 2 N–H and O–H groups in total. The number of carboxylic acids is 1. The van der Waals surface area contributed by atoms with E-state index in [9.17, 15) is 19.5 Å². The summed E-state index contributed by atoms with van der Waals surface area (Å²) in [6.45, 7) is -0.441. The molecule has 4 aliphatic rings. The van der Waals surface area contributed by atoms with Crippen LogP contribution < -0.4 is 10.9 Å². The first-order chi connectivity index (χ1) is 19.8. The number of nitrogens with zero attached hydrogens (tertiary/aromatic N) is 4. The lowest BCUT2D eigenvalue weighted by Gasteiger charge is -2.41. The number of aromatic nitrogens is 2. The van der Waals surface area contributed by atoms with E-state index in [0.29, 0.717) is 23.1 Å². The number of piperidine rings is 2. The van der Waals surface area contributed by atoms with E-state index in [1.54, 1.807) is 62.9 Å². The van der Waals surface area contributed by atoms with Crippen LogP contribution in [0.25, 0.3) is 11.0 Å². The second kappa shape index (κ2) is 13.1. The van der Waals surface area contributed by atoms with Crippen LogP contribution in [-0.2, 0) is 14.4 Å². The molecule has 1 amide bonds. The highest BCUT2D eigenvalue weighted by atomic mass is 16.6. The molecule has 3 heterocycles. The molecular formula is C31H43N5O5. The fraction of sp³-hybridized carbons (Fsp3) is 0.645. The zero-order valence-electron chi connectivity index (χ0n) is 24.3. The molecule has 222 valence electrons. The predicted octanol–water partition coefficient (Wildman–Crippen LogP) is 4.11. The molecule has 2 aromatic rings. The van der Waals surface area contributed by atoms with Crippen LogP contribution in [0.15, 0.2) is 34.2 Å². The number of nitrogens with one attached hydrogen (secondary N) is 1. The lowest BCUT2D eigenvalue weighted by Crippen LogP contribution is -2.50. The van der Waals surface area contributed by atoms with Gasteiger partial charge in [-0.1, -0.05) is 62.2 Å². The van der Waals surface area contributed by atoms with Gasteiger partial charge in [-0.3, -0.25) is 9.59 Å². The molecule has 4 fully saturated rings. The van der Waals surface area contributed by atoms with Gasteiger partial charge in [0.15, 0.2) is 12.3 Å². The standard InChI is InChI=1S/C22H27N5O5.C9H16/c1-26(2)18(28)12-32-25-20(22(30)31)19-21(29)27(17-9-4-3-8-16(17)24-19)15-10-13-6-5-7-14(11-15)23-13;1-3-8-5-2-6-9(4-1)7-8/h3-4,8-9,13-15,23H,5-7,10-12H2,1-2H3,(H,30,31);8-9H,1-7H2/b25-20-;. The molecule has 2 saturated carbocycles. The molecule has 4 bridgehead atoms. The number of carbonyl (C=O) groups is 2. The number of oxime groups is 1. The van der Waals surface area contributed by atoms with Crippen LogP contribution in [0.5, 0.6) is 0 Å². The summed E-state index contributed by atoms with van der Waals surface area (Å²) in [4.78, 5) is 47.8. The summed E-state index contributed by atoms with van der Waals surface area (Å²) in [5, 5.41) is 17.0. The van der Waals surface area contributed by atoms with Crippen LogP contribution in [0, 0.1) is 11.8 Å². The fourth-order valence-corrected chi connectivity index (χ4v) is 7.20. The summed E-state index contributed by atoms with van der Waals surface area (Å²) in [6.07, 6.45) is 15.7. The van der Waals surface area contributed by atoms with E-state index in [2.05, 4.69) is 15.5 Å². The molecule has 0 spiro atoms. The number of para-hydroxylation sites is 2. The zero-order valence-corrected chi connectivity index (χ0v) is 24.3. The largest absolute Gasteiger partial charge is 0.476 e. The van der Waals surface area contributed by atoms with Gasteiger partial charge in [0.25, 0.3) is 11.5 Å². The Morgan fingerprint density at radius 1 is 1.00 bits per heavy atom. The van der Waals surface area contributed by atoms with Gasteiger partial charge in [0.05, 0.1) is 11.0 Å². The summed E-state index contributed by atoms with van der Waals surface area (Å²) in [7, 11) is 3.09. The van der Waals surface area contributed by atoms with E-state index < -0.39 is 23.8 Å². The second-order valence-electron chi connectivity index (χ2n) is 12.4. The molecule has 41 heavy (non-hydrogen) atoms. The van der Waals surface area contributed by atoms with Crippen molar-refractivity contribution in [3.8, 4) is 0 Å². The van der Waals surface area contributed by atoms with Gasteiger partial charge >= 0.3 is 5.97 Å². The first-order valence-corrected chi connectivity index (χ1v) is 15.2. The van der Waals surface area contributed by atoms with E-state index in [-0.39, 0.29) is 17.6 Å². The minimum Gasteiger partial charge on any atom is -0.476 e. The number of amides is 1. The summed E-state index contributed by atoms with van der Waals surface area (Å²) < 4.78 is 1.67. The number of fused-ring (bicyclic) bond motifs is 5. The highest BCUT2D eigenvalue weighted by Crippen LogP contribution is 2.39. The minimum absolute atomic E-state index is 0.0722. The number of hydrogen-bond donors (Lipinski definition) is 2. The molecular weight excluding hydrogens is 522 g/mol. The zero-order chi connectivity index (χ0) is 28.9. The number of rotatable bonds is 6. The first-order valence-electron chi connectivity index (χ1n) is 15.2. The molecule has 2 aliphatic heterocycles. The molecule has 10 nitrogen and oxygen atoms in total. The fourth-order valence-electron chi connectivity index (χ4n) is 7.20. The highest BCUT2D eigenvalue weighted by molar-refractivity contribution is 6.41. The topological polar surface area (TPSA) is 126 Å². The Morgan fingerprint density at radius 3 is 2.20 bits per heavy atom. The summed E-state index contributed by atoms with van der Waals surface area (Å²) in [5.74, 6) is 0.467. The average molecular weight is 566 g/mol. The maximum Gasteiger partial charge on any atom is 0.360 e. The smallest absolute Gasteiger partial charge is 0.360 e. The van der Waals surface area contributed by atoms with Crippen molar-refractivity contribution in [1.29, 1.82) is 0 Å².